The molecule has 0 aromatic carbocycles. The van der Waals surface area contributed by atoms with E-state index >= 15 is 0 Å². The third kappa shape index (κ3) is 1.81. The highest BCUT2D eigenvalue weighted by atomic mass is 16.2. The zero-order valence-corrected chi connectivity index (χ0v) is 8.45. The second-order valence-electron chi connectivity index (χ2n) is 4.50. The first-order valence-corrected chi connectivity index (χ1v) is 5.55. The van der Waals surface area contributed by atoms with E-state index in [1.165, 1.54) is 25.7 Å². The highest BCUT2D eigenvalue weighted by Gasteiger charge is 2.32. The molecule has 2 fully saturated rings. The normalized spacial score (nSPS) is 32.1. The molecule has 0 aromatic rings. The van der Waals surface area contributed by atoms with E-state index in [9.17, 15) is 9.59 Å². The van der Waals surface area contributed by atoms with E-state index in [0.717, 1.165) is 25.4 Å². The van der Waals surface area contributed by atoms with E-state index < -0.39 is 0 Å². The van der Waals surface area contributed by atoms with Crippen LogP contribution >= 0.6 is 0 Å². The van der Waals surface area contributed by atoms with E-state index in [1.807, 2.05) is 0 Å². The third-order valence-corrected chi connectivity index (χ3v) is 3.70. The molecular formula is C11H17NO2. The van der Waals surface area contributed by atoms with Crippen molar-refractivity contribution >= 4 is 12.2 Å². The molecule has 1 aliphatic carbocycles. The second kappa shape index (κ2) is 4.11. The van der Waals surface area contributed by atoms with Crippen LogP contribution in [-0.4, -0.2) is 30.2 Å². The number of likely N-dealkylation sites (tertiary alicyclic amines) is 1. The predicted molar refractivity (Wildman–Crippen MR) is 52.7 cm³/mol. The van der Waals surface area contributed by atoms with Gasteiger partial charge in [-0.2, -0.15) is 0 Å². The predicted octanol–water partition coefficient (Wildman–Crippen LogP) is 1.22. The summed E-state index contributed by atoms with van der Waals surface area (Å²) in [6, 6.07) is 0. The number of hydrogen-bond acceptors (Lipinski definition) is 2. The van der Waals surface area contributed by atoms with Gasteiger partial charge < -0.3 is 4.90 Å². The minimum atomic E-state index is -0.325. The number of nitrogens with zero attached hydrogens (tertiary/aromatic N) is 1. The number of fused-ring (bicyclic) bond motifs is 1. The van der Waals surface area contributed by atoms with Crippen molar-refractivity contribution in [2.75, 3.05) is 13.1 Å². The summed E-state index contributed by atoms with van der Waals surface area (Å²) < 4.78 is 0. The van der Waals surface area contributed by atoms with Gasteiger partial charge in [-0.05, 0) is 24.7 Å². The molecule has 1 heterocycles. The van der Waals surface area contributed by atoms with Crippen LogP contribution in [0.25, 0.3) is 0 Å². The summed E-state index contributed by atoms with van der Waals surface area (Å²) in [6.45, 7) is 1.61. The van der Waals surface area contributed by atoms with E-state index in [-0.39, 0.29) is 5.91 Å². The molecule has 78 valence electrons. The maximum absolute atomic E-state index is 11.2. The van der Waals surface area contributed by atoms with Gasteiger partial charge in [-0.25, -0.2) is 0 Å². The average Bonchev–Trinajstić information content (AvgIpc) is 2.27. The fraction of sp³-hybridized carbons (Fsp3) is 0.818. The summed E-state index contributed by atoms with van der Waals surface area (Å²) in [6.07, 6.45) is 6.77. The van der Waals surface area contributed by atoms with Crippen LogP contribution in [0.5, 0.6) is 0 Å². The topological polar surface area (TPSA) is 37.4 Å². The van der Waals surface area contributed by atoms with Gasteiger partial charge in [0.1, 0.15) is 0 Å². The molecule has 0 radical (unpaired) electrons. The molecule has 3 heteroatoms. The molecule has 2 rings (SSSR count). The van der Waals surface area contributed by atoms with Crippen LogP contribution in [0.4, 0.5) is 0 Å². The minimum absolute atomic E-state index is 0.325. The molecule has 1 amide bonds. The van der Waals surface area contributed by atoms with Gasteiger partial charge in [-0.1, -0.05) is 19.3 Å². The van der Waals surface area contributed by atoms with E-state index in [0.29, 0.717) is 12.2 Å². The van der Waals surface area contributed by atoms with Crippen LogP contribution in [-0.2, 0) is 9.59 Å². The van der Waals surface area contributed by atoms with Crippen molar-refractivity contribution in [2.24, 2.45) is 11.8 Å². The van der Waals surface area contributed by atoms with Crippen molar-refractivity contribution in [2.45, 2.75) is 32.1 Å². The van der Waals surface area contributed by atoms with E-state index in [1.54, 1.807) is 4.90 Å². The smallest absolute Gasteiger partial charge is 0.286 e. The minimum Gasteiger partial charge on any atom is -0.336 e. The monoisotopic (exact) mass is 195 g/mol. The molecule has 2 unspecified atom stereocenters. The van der Waals surface area contributed by atoms with Crippen molar-refractivity contribution in [3.8, 4) is 0 Å². The van der Waals surface area contributed by atoms with Gasteiger partial charge >= 0.3 is 0 Å². The summed E-state index contributed by atoms with van der Waals surface area (Å²) in [5.41, 5.74) is 0. The molecule has 14 heavy (non-hydrogen) atoms. The molecule has 0 spiro atoms. The Bertz CT molecular complexity index is 239. The number of amides is 1. The summed E-state index contributed by atoms with van der Waals surface area (Å²) in [5.74, 6) is 1.16. The Morgan fingerprint density at radius 1 is 1.14 bits per heavy atom. The summed E-state index contributed by atoms with van der Waals surface area (Å²) in [5, 5.41) is 0. The lowest BCUT2D eigenvalue weighted by Gasteiger charge is -2.40. The molecule has 1 aliphatic heterocycles. The SMILES string of the molecule is O=CC(=O)N1CCC2CCCCC2C1. The number of piperidine rings is 1. The van der Waals surface area contributed by atoms with Crippen LogP contribution in [0.3, 0.4) is 0 Å². The van der Waals surface area contributed by atoms with Crippen LogP contribution in [0.15, 0.2) is 0 Å². The lowest BCUT2D eigenvalue weighted by atomic mass is 9.75. The van der Waals surface area contributed by atoms with E-state index in [4.69, 9.17) is 0 Å². The van der Waals surface area contributed by atoms with Crippen molar-refractivity contribution in [1.82, 2.24) is 4.90 Å². The third-order valence-electron chi connectivity index (χ3n) is 3.70. The van der Waals surface area contributed by atoms with E-state index in [2.05, 4.69) is 0 Å². The number of carbonyl (C=O) groups excluding carboxylic acids is 2. The van der Waals surface area contributed by atoms with Gasteiger partial charge in [0.2, 0.25) is 6.29 Å². The number of hydrogen-bond donors (Lipinski definition) is 0. The van der Waals surface area contributed by atoms with Gasteiger partial charge in [0.05, 0.1) is 0 Å². The maximum atomic E-state index is 11.2. The Morgan fingerprint density at radius 2 is 1.86 bits per heavy atom. The largest absolute Gasteiger partial charge is 0.336 e. The number of carbonyl (C=O) groups is 2. The van der Waals surface area contributed by atoms with Crippen molar-refractivity contribution in [3.05, 3.63) is 0 Å². The standard InChI is InChI=1S/C11H17NO2/c13-8-11(14)12-6-5-9-3-1-2-4-10(9)7-12/h8-10H,1-7H2. The van der Waals surface area contributed by atoms with Gasteiger partial charge in [-0.15, -0.1) is 0 Å². The molecule has 1 saturated heterocycles. The Balaban J connectivity index is 1.95. The fourth-order valence-corrected chi connectivity index (χ4v) is 2.88. The summed E-state index contributed by atoms with van der Waals surface area (Å²) in [4.78, 5) is 23.3. The molecule has 1 saturated carbocycles. The Morgan fingerprint density at radius 3 is 2.57 bits per heavy atom. The second-order valence-corrected chi connectivity index (χ2v) is 4.50. The van der Waals surface area contributed by atoms with Crippen LogP contribution in [0.2, 0.25) is 0 Å². The highest BCUT2D eigenvalue weighted by molar-refractivity contribution is 6.23. The van der Waals surface area contributed by atoms with Crippen molar-refractivity contribution in [1.29, 1.82) is 0 Å². The zero-order chi connectivity index (χ0) is 9.97. The van der Waals surface area contributed by atoms with Gasteiger partial charge in [0.15, 0.2) is 0 Å². The number of aldehydes is 1. The molecule has 0 bridgehead atoms. The Kier molecular flexibility index (Phi) is 2.85. The summed E-state index contributed by atoms with van der Waals surface area (Å²) in [7, 11) is 0. The first kappa shape index (κ1) is 9.69. The van der Waals surface area contributed by atoms with Gasteiger partial charge in [-0.3, -0.25) is 9.59 Å². The fourth-order valence-electron chi connectivity index (χ4n) is 2.88. The van der Waals surface area contributed by atoms with Crippen molar-refractivity contribution in [3.63, 3.8) is 0 Å². The van der Waals surface area contributed by atoms with Crippen molar-refractivity contribution < 1.29 is 9.59 Å². The highest BCUT2D eigenvalue weighted by Crippen LogP contribution is 2.35. The average molecular weight is 195 g/mol. The van der Waals surface area contributed by atoms with Crippen LogP contribution in [0, 0.1) is 11.8 Å². The Labute approximate surface area is 84.5 Å². The molecule has 0 N–H and O–H groups in total. The zero-order valence-electron chi connectivity index (χ0n) is 8.45. The van der Waals surface area contributed by atoms with Gasteiger partial charge in [0, 0.05) is 13.1 Å². The summed E-state index contributed by atoms with van der Waals surface area (Å²) >= 11 is 0. The Hall–Kier alpha value is -0.860. The molecular weight excluding hydrogens is 178 g/mol. The molecule has 2 atom stereocenters. The lowest BCUT2D eigenvalue weighted by Crippen LogP contribution is -2.45. The lowest BCUT2D eigenvalue weighted by molar-refractivity contribution is -0.141. The van der Waals surface area contributed by atoms with Crippen LogP contribution in [0.1, 0.15) is 32.1 Å². The first-order valence-electron chi connectivity index (χ1n) is 5.55. The van der Waals surface area contributed by atoms with Gasteiger partial charge in [0.25, 0.3) is 5.91 Å². The maximum Gasteiger partial charge on any atom is 0.286 e. The first-order chi connectivity index (χ1) is 6.81. The quantitative estimate of drug-likeness (QED) is 0.466. The number of rotatable bonds is 1. The van der Waals surface area contributed by atoms with Crippen LogP contribution < -0.4 is 0 Å². The molecule has 0 aromatic heterocycles. The molecule has 3 nitrogen and oxygen atoms in total. The molecule has 2 aliphatic rings.